The molecule has 0 aromatic heterocycles. The number of hydrogen-bond donors (Lipinski definition) is 0. The molecule has 0 N–H and O–H groups in total. The van der Waals surface area contributed by atoms with Gasteiger partial charge in [0.25, 0.3) is 0 Å². The largest absolute Gasteiger partial charge is 0.476 e. The highest BCUT2D eigenvalue weighted by atomic mass is 127. The van der Waals surface area contributed by atoms with Crippen LogP contribution < -0.4 is 4.74 Å². The summed E-state index contributed by atoms with van der Waals surface area (Å²) in [5.74, 6) is 0.296. The van der Waals surface area contributed by atoms with Crippen LogP contribution in [0.3, 0.4) is 0 Å². The van der Waals surface area contributed by atoms with E-state index in [-0.39, 0.29) is 5.57 Å². The topological polar surface area (TPSA) is 9.23 Å². The zero-order valence-corrected chi connectivity index (χ0v) is 11.2. The van der Waals surface area contributed by atoms with Gasteiger partial charge in [-0.15, -0.1) is 0 Å². The molecule has 0 aliphatic carbocycles. The van der Waals surface area contributed by atoms with Crippen LogP contribution in [0.1, 0.15) is 18.9 Å². The van der Waals surface area contributed by atoms with Gasteiger partial charge < -0.3 is 4.74 Å². The lowest BCUT2D eigenvalue weighted by Crippen LogP contribution is -2.37. The molecule has 0 saturated carbocycles. The van der Waals surface area contributed by atoms with Crippen molar-refractivity contribution in [3.8, 4) is 5.75 Å². The normalized spacial score (nSPS) is 19.4. The molecular formula is C12H10F3IO. The number of rotatable bonds is 1. The van der Waals surface area contributed by atoms with Crippen LogP contribution in [0.2, 0.25) is 0 Å². The molecule has 0 bridgehead atoms. The fourth-order valence-electron chi connectivity index (χ4n) is 1.78. The molecule has 1 unspecified atom stereocenters. The molecule has 5 heteroatoms. The molecule has 92 valence electrons. The molecule has 1 aliphatic heterocycles. The molecule has 1 atom stereocenters. The molecule has 1 aliphatic rings. The zero-order valence-electron chi connectivity index (χ0n) is 9.01. The second kappa shape index (κ2) is 4.51. The summed E-state index contributed by atoms with van der Waals surface area (Å²) in [6.07, 6.45) is -4.25. The van der Waals surface area contributed by atoms with E-state index >= 15 is 0 Å². The number of alkyl halides is 3. The van der Waals surface area contributed by atoms with Gasteiger partial charge in [-0.25, -0.2) is 0 Å². The number of fused-ring (bicyclic) bond motifs is 1. The maximum Gasteiger partial charge on any atom is 0.429 e. The number of halogens is 4. The van der Waals surface area contributed by atoms with E-state index in [2.05, 4.69) is 22.6 Å². The second-order valence-electron chi connectivity index (χ2n) is 3.79. The first-order chi connectivity index (χ1) is 7.91. The van der Waals surface area contributed by atoms with Crippen molar-refractivity contribution in [3.05, 3.63) is 32.9 Å². The predicted octanol–water partition coefficient (Wildman–Crippen LogP) is 4.41. The molecule has 2 rings (SSSR count). The molecule has 0 spiro atoms. The maximum atomic E-state index is 12.8. The summed E-state index contributed by atoms with van der Waals surface area (Å²) in [5, 5.41) is 0. The monoisotopic (exact) mass is 354 g/mol. The quantitative estimate of drug-likeness (QED) is 0.679. The van der Waals surface area contributed by atoms with Gasteiger partial charge in [0, 0.05) is 9.13 Å². The van der Waals surface area contributed by atoms with Crippen LogP contribution in [0.15, 0.2) is 23.8 Å². The molecule has 0 fully saturated rings. The van der Waals surface area contributed by atoms with Crippen LogP contribution in [-0.2, 0) is 0 Å². The summed E-state index contributed by atoms with van der Waals surface area (Å²) >= 11 is 2.12. The van der Waals surface area contributed by atoms with Gasteiger partial charge >= 0.3 is 6.18 Å². The third kappa shape index (κ3) is 2.59. The minimum absolute atomic E-state index is 0.270. The van der Waals surface area contributed by atoms with Crippen LogP contribution in [0.5, 0.6) is 5.75 Å². The highest BCUT2D eigenvalue weighted by Gasteiger charge is 2.45. The predicted molar refractivity (Wildman–Crippen MR) is 67.9 cm³/mol. The summed E-state index contributed by atoms with van der Waals surface area (Å²) < 4.78 is 44.4. The first-order valence-electron chi connectivity index (χ1n) is 5.15. The van der Waals surface area contributed by atoms with Gasteiger partial charge in [-0.05, 0) is 58.9 Å². The van der Waals surface area contributed by atoms with E-state index in [1.165, 1.54) is 0 Å². The van der Waals surface area contributed by atoms with Crippen molar-refractivity contribution >= 4 is 28.7 Å². The highest BCUT2D eigenvalue weighted by molar-refractivity contribution is 14.1. The van der Waals surface area contributed by atoms with Crippen LogP contribution in [0.25, 0.3) is 6.08 Å². The van der Waals surface area contributed by atoms with E-state index in [4.69, 9.17) is 4.74 Å². The van der Waals surface area contributed by atoms with Crippen molar-refractivity contribution in [1.29, 1.82) is 0 Å². The van der Waals surface area contributed by atoms with Gasteiger partial charge in [-0.3, -0.25) is 0 Å². The van der Waals surface area contributed by atoms with Crippen LogP contribution in [0, 0.1) is 3.57 Å². The Bertz CT molecular complexity index is 465. The molecule has 17 heavy (non-hydrogen) atoms. The Labute approximate surface area is 111 Å². The molecule has 0 saturated heterocycles. The fraction of sp³-hybridized carbons (Fsp3) is 0.333. The maximum absolute atomic E-state index is 12.8. The molecular weight excluding hydrogens is 344 g/mol. The van der Waals surface area contributed by atoms with E-state index in [0.29, 0.717) is 17.7 Å². The lowest BCUT2D eigenvalue weighted by molar-refractivity contribution is -0.184. The number of benzene rings is 1. The first kappa shape index (κ1) is 12.7. The standard InChI is InChI=1S/C12H10F3IO/c1-2-7-5-8-6-9(16)3-4-10(8)17-11(7)12(13,14)15/h3-6,11H,2H2,1H3. The van der Waals surface area contributed by atoms with Crippen LogP contribution >= 0.6 is 22.6 Å². The minimum atomic E-state index is -4.36. The van der Waals surface area contributed by atoms with E-state index in [0.717, 1.165) is 3.57 Å². The van der Waals surface area contributed by atoms with Crippen molar-refractivity contribution in [2.45, 2.75) is 25.6 Å². The Morgan fingerprint density at radius 3 is 2.65 bits per heavy atom. The van der Waals surface area contributed by atoms with E-state index in [9.17, 15) is 13.2 Å². The Hall–Kier alpha value is -0.720. The van der Waals surface area contributed by atoms with Gasteiger partial charge in [0.2, 0.25) is 6.10 Å². The zero-order chi connectivity index (χ0) is 12.6. The Balaban J connectivity index is 2.45. The van der Waals surface area contributed by atoms with Crippen molar-refractivity contribution in [2.75, 3.05) is 0 Å². The minimum Gasteiger partial charge on any atom is -0.476 e. The van der Waals surface area contributed by atoms with Crippen molar-refractivity contribution in [3.63, 3.8) is 0 Å². The second-order valence-corrected chi connectivity index (χ2v) is 5.04. The number of ether oxygens (including phenoxy) is 1. The Morgan fingerprint density at radius 2 is 2.06 bits per heavy atom. The molecule has 0 amide bonds. The van der Waals surface area contributed by atoms with E-state index < -0.39 is 12.3 Å². The molecule has 0 radical (unpaired) electrons. The molecule has 1 aromatic rings. The average Bonchev–Trinajstić information content (AvgIpc) is 2.25. The van der Waals surface area contributed by atoms with Gasteiger partial charge in [-0.2, -0.15) is 13.2 Å². The van der Waals surface area contributed by atoms with Crippen LogP contribution in [0.4, 0.5) is 13.2 Å². The van der Waals surface area contributed by atoms with Crippen molar-refractivity contribution < 1.29 is 17.9 Å². The van der Waals surface area contributed by atoms with E-state index in [1.807, 2.05) is 6.07 Å². The lowest BCUT2D eigenvalue weighted by Gasteiger charge is -2.28. The number of hydrogen-bond acceptors (Lipinski definition) is 1. The molecule has 1 aromatic carbocycles. The van der Waals surface area contributed by atoms with Gasteiger partial charge in [0.1, 0.15) is 5.75 Å². The fourth-order valence-corrected chi connectivity index (χ4v) is 2.30. The molecule has 1 heterocycles. The van der Waals surface area contributed by atoms with Crippen molar-refractivity contribution in [1.82, 2.24) is 0 Å². The van der Waals surface area contributed by atoms with Gasteiger partial charge in [-0.1, -0.05) is 6.92 Å². The summed E-state index contributed by atoms with van der Waals surface area (Å²) in [7, 11) is 0. The highest BCUT2D eigenvalue weighted by Crippen LogP contribution is 2.38. The van der Waals surface area contributed by atoms with Gasteiger partial charge in [0.05, 0.1) is 0 Å². The van der Waals surface area contributed by atoms with Gasteiger partial charge in [0.15, 0.2) is 0 Å². The third-order valence-electron chi connectivity index (χ3n) is 2.60. The van der Waals surface area contributed by atoms with E-state index in [1.54, 1.807) is 25.1 Å². The lowest BCUT2D eigenvalue weighted by atomic mass is 9.99. The SMILES string of the molecule is CCC1=Cc2cc(I)ccc2OC1C(F)(F)F. The summed E-state index contributed by atoms with van der Waals surface area (Å²) in [4.78, 5) is 0. The Morgan fingerprint density at radius 1 is 1.35 bits per heavy atom. The third-order valence-corrected chi connectivity index (χ3v) is 3.27. The first-order valence-corrected chi connectivity index (χ1v) is 6.23. The average molecular weight is 354 g/mol. The van der Waals surface area contributed by atoms with Crippen molar-refractivity contribution in [2.24, 2.45) is 0 Å². The summed E-state index contributed by atoms with van der Waals surface area (Å²) in [6.45, 7) is 1.70. The molecule has 1 nitrogen and oxygen atoms in total. The summed E-state index contributed by atoms with van der Waals surface area (Å²) in [6, 6.07) is 5.13. The Kier molecular flexibility index (Phi) is 3.38. The summed E-state index contributed by atoms with van der Waals surface area (Å²) in [5.41, 5.74) is 0.987. The van der Waals surface area contributed by atoms with Crippen LogP contribution in [-0.4, -0.2) is 12.3 Å². The smallest absolute Gasteiger partial charge is 0.429 e.